The van der Waals surface area contributed by atoms with Crippen LogP contribution in [0.4, 0.5) is 5.69 Å². The van der Waals surface area contributed by atoms with Crippen LogP contribution in [-0.2, 0) is 16.1 Å². The summed E-state index contributed by atoms with van der Waals surface area (Å²) in [4.78, 5) is 35.8. The number of hydrogen-bond donors (Lipinski definition) is 3. The lowest BCUT2D eigenvalue weighted by atomic mass is 10.2. The second-order valence-electron chi connectivity index (χ2n) is 6.54. The molecule has 2 aromatic heterocycles. The predicted molar refractivity (Wildman–Crippen MR) is 103 cm³/mol. The number of anilines is 1. The Morgan fingerprint density at radius 1 is 1.22 bits per heavy atom. The van der Waals surface area contributed by atoms with E-state index < -0.39 is 0 Å². The van der Waals surface area contributed by atoms with Gasteiger partial charge in [0.05, 0.1) is 11.9 Å². The summed E-state index contributed by atoms with van der Waals surface area (Å²) in [5, 5.41) is 16.1. The third kappa shape index (κ3) is 5.92. The SMILES string of the molecule is O=C(CCNC(=O)c1ccsc1)Nc1cnn(CC(=O)NC2CCCC2)c1. The van der Waals surface area contributed by atoms with Crippen LogP contribution in [0.25, 0.3) is 0 Å². The Balaban J connectivity index is 1.37. The smallest absolute Gasteiger partial charge is 0.252 e. The van der Waals surface area contributed by atoms with E-state index in [2.05, 4.69) is 21.0 Å². The number of hydrogen-bond acceptors (Lipinski definition) is 5. The number of rotatable bonds is 8. The van der Waals surface area contributed by atoms with Gasteiger partial charge >= 0.3 is 0 Å². The maximum Gasteiger partial charge on any atom is 0.252 e. The highest BCUT2D eigenvalue weighted by atomic mass is 32.1. The Kier molecular flexibility index (Phi) is 6.59. The highest BCUT2D eigenvalue weighted by Gasteiger charge is 2.17. The molecule has 0 aromatic carbocycles. The number of nitrogens with zero attached hydrogens (tertiary/aromatic N) is 2. The van der Waals surface area contributed by atoms with Crippen molar-refractivity contribution in [2.45, 2.75) is 44.7 Å². The first-order valence-corrected chi connectivity index (χ1v) is 9.96. The van der Waals surface area contributed by atoms with E-state index in [9.17, 15) is 14.4 Å². The van der Waals surface area contributed by atoms with E-state index in [1.54, 1.807) is 17.6 Å². The first kappa shape index (κ1) is 19.1. The van der Waals surface area contributed by atoms with Gasteiger partial charge in [-0.1, -0.05) is 12.8 Å². The van der Waals surface area contributed by atoms with Gasteiger partial charge in [0, 0.05) is 36.1 Å². The Labute approximate surface area is 161 Å². The lowest BCUT2D eigenvalue weighted by Gasteiger charge is -2.11. The normalized spacial score (nSPS) is 14.1. The molecule has 1 fully saturated rings. The molecule has 2 heterocycles. The van der Waals surface area contributed by atoms with E-state index in [-0.39, 0.29) is 43.3 Å². The van der Waals surface area contributed by atoms with E-state index >= 15 is 0 Å². The summed E-state index contributed by atoms with van der Waals surface area (Å²) in [6.07, 6.45) is 7.68. The Morgan fingerprint density at radius 3 is 2.78 bits per heavy atom. The number of carbonyl (C=O) groups is 3. The Bertz CT molecular complexity index is 781. The molecule has 3 amide bonds. The first-order valence-electron chi connectivity index (χ1n) is 9.02. The molecule has 9 heteroatoms. The van der Waals surface area contributed by atoms with Crippen molar-refractivity contribution in [3.8, 4) is 0 Å². The number of aromatic nitrogens is 2. The summed E-state index contributed by atoms with van der Waals surface area (Å²) in [6, 6.07) is 2.01. The fourth-order valence-electron chi connectivity index (χ4n) is 3.01. The zero-order chi connectivity index (χ0) is 19.1. The third-order valence-corrected chi connectivity index (χ3v) is 5.05. The second-order valence-corrected chi connectivity index (χ2v) is 7.32. The quantitative estimate of drug-likeness (QED) is 0.640. The van der Waals surface area contributed by atoms with Crippen molar-refractivity contribution in [2.75, 3.05) is 11.9 Å². The highest BCUT2D eigenvalue weighted by Crippen LogP contribution is 2.17. The number of nitrogens with one attached hydrogen (secondary N) is 3. The summed E-state index contributed by atoms with van der Waals surface area (Å²) >= 11 is 1.45. The Hall–Kier alpha value is -2.68. The molecule has 1 aliphatic rings. The molecule has 1 saturated carbocycles. The van der Waals surface area contributed by atoms with Gasteiger partial charge in [-0.25, -0.2) is 0 Å². The van der Waals surface area contributed by atoms with Gasteiger partial charge in [-0.15, -0.1) is 0 Å². The van der Waals surface area contributed by atoms with E-state index in [0.717, 1.165) is 25.7 Å². The molecule has 0 aliphatic heterocycles. The predicted octanol–water partition coefficient (Wildman–Crippen LogP) is 1.76. The molecule has 0 atom stereocenters. The van der Waals surface area contributed by atoms with Crippen LogP contribution >= 0.6 is 11.3 Å². The van der Waals surface area contributed by atoms with Crippen LogP contribution in [0, 0.1) is 0 Å². The van der Waals surface area contributed by atoms with Crippen molar-refractivity contribution in [3.63, 3.8) is 0 Å². The number of carbonyl (C=O) groups excluding carboxylic acids is 3. The fraction of sp³-hybridized carbons (Fsp3) is 0.444. The Morgan fingerprint density at radius 2 is 2.04 bits per heavy atom. The van der Waals surface area contributed by atoms with E-state index in [1.165, 1.54) is 22.2 Å². The van der Waals surface area contributed by atoms with E-state index in [4.69, 9.17) is 0 Å². The third-order valence-electron chi connectivity index (χ3n) is 4.36. The molecule has 0 spiro atoms. The molecule has 0 unspecified atom stereocenters. The van der Waals surface area contributed by atoms with Crippen LogP contribution in [0.1, 0.15) is 42.5 Å². The van der Waals surface area contributed by atoms with Gasteiger partial charge in [-0.3, -0.25) is 19.1 Å². The first-order chi connectivity index (χ1) is 13.1. The van der Waals surface area contributed by atoms with Crippen molar-refractivity contribution in [1.82, 2.24) is 20.4 Å². The standard InChI is InChI=1S/C18H23N5O3S/c24-16(5-7-19-18(26)13-6-8-27-12-13)22-15-9-20-23(10-15)11-17(25)21-14-3-1-2-4-14/h6,8-10,12,14H,1-5,7,11H2,(H,19,26)(H,21,25)(H,22,24). The van der Waals surface area contributed by atoms with Crippen LogP contribution in [0.3, 0.4) is 0 Å². The summed E-state index contributed by atoms with van der Waals surface area (Å²) < 4.78 is 1.50. The van der Waals surface area contributed by atoms with Gasteiger partial charge in [0.2, 0.25) is 11.8 Å². The molecular weight excluding hydrogens is 366 g/mol. The van der Waals surface area contributed by atoms with E-state index in [0.29, 0.717) is 11.3 Å². The monoisotopic (exact) mass is 389 g/mol. The van der Waals surface area contributed by atoms with Gasteiger partial charge in [-0.2, -0.15) is 16.4 Å². The molecule has 2 aromatic rings. The average molecular weight is 389 g/mol. The fourth-order valence-corrected chi connectivity index (χ4v) is 3.65. The van der Waals surface area contributed by atoms with Crippen LogP contribution < -0.4 is 16.0 Å². The summed E-state index contributed by atoms with van der Waals surface area (Å²) in [7, 11) is 0. The van der Waals surface area contributed by atoms with E-state index in [1.807, 2.05) is 5.38 Å². The average Bonchev–Trinajstić information content (AvgIpc) is 3.37. The summed E-state index contributed by atoms with van der Waals surface area (Å²) in [5.74, 6) is -0.486. The molecule has 27 heavy (non-hydrogen) atoms. The zero-order valence-electron chi connectivity index (χ0n) is 14.9. The van der Waals surface area contributed by atoms with Crippen LogP contribution in [0.2, 0.25) is 0 Å². The number of thiophene rings is 1. The maximum absolute atomic E-state index is 12.0. The molecule has 0 bridgehead atoms. The molecule has 144 valence electrons. The minimum Gasteiger partial charge on any atom is -0.352 e. The topological polar surface area (TPSA) is 105 Å². The van der Waals surface area contributed by atoms with Crippen LogP contribution in [0.5, 0.6) is 0 Å². The van der Waals surface area contributed by atoms with Gasteiger partial charge in [-0.05, 0) is 24.3 Å². The molecular formula is C18H23N5O3S. The lowest BCUT2D eigenvalue weighted by molar-refractivity contribution is -0.122. The number of amides is 3. The molecule has 3 rings (SSSR count). The minimum atomic E-state index is -0.226. The summed E-state index contributed by atoms with van der Waals surface area (Å²) in [6.45, 7) is 0.377. The van der Waals surface area contributed by atoms with Gasteiger partial charge in [0.1, 0.15) is 6.54 Å². The van der Waals surface area contributed by atoms with Gasteiger partial charge < -0.3 is 16.0 Å². The molecule has 8 nitrogen and oxygen atoms in total. The molecule has 0 saturated heterocycles. The van der Waals surface area contributed by atoms with Crippen molar-refractivity contribution in [1.29, 1.82) is 0 Å². The van der Waals surface area contributed by atoms with Crippen molar-refractivity contribution in [3.05, 3.63) is 34.8 Å². The van der Waals surface area contributed by atoms with Crippen molar-refractivity contribution >= 4 is 34.7 Å². The van der Waals surface area contributed by atoms with Crippen LogP contribution in [-0.4, -0.2) is 40.1 Å². The minimum absolute atomic E-state index is 0.0704. The summed E-state index contributed by atoms with van der Waals surface area (Å²) in [5.41, 5.74) is 1.12. The molecule has 0 radical (unpaired) electrons. The van der Waals surface area contributed by atoms with Gasteiger partial charge in [0.25, 0.3) is 5.91 Å². The molecule has 1 aliphatic carbocycles. The van der Waals surface area contributed by atoms with Gasteiger partial charge in [0.15, 0.2) is 0 Å². The van der Waals surface area contributed by atoms with Crippen molar-refractivity contribution in [2.24, 2.45) is 0 Å². The van der Waals surface area contributed by atoms with Crippen LogP contribution in [0.15, 0.2) is 29.2 Å². The lowest BCUT2D eigenvalue weighted by Crippen LogP contribution is -2.35. The largest absolute Gasteiger partial charge is 0.352 e. The maximum atomic E-state index is 12.0. The zero-order valence-corrected chi connectivity index (χ0v) is 15.8. The highest BCUT2D eigenvalue weighted by molar-refractivity contribution is 7.08. The molecule has 3 N–H and O–H groups in total. The van der Waals surface area contributed by atoms with Crippen molar-refractivity contribution < 1.29 is 14.4 Å². The second kappa shape index (κ2) is 9.31.